The first-order chi connectivity index (χ1) is 7.20. The van der Waals surface area contributed by atoms with Gasteiger partial charge in [-0.3, -0.25) is 0 Å². The fourth-order valence-electron chi connectivity index (χ4n) is 2.40. The van der Waals surface area contributed by atoms with Gasteiger partial charge in [0.1, 0.15) is 0 Å². The maximum absolute atomic E-state index is 6.40. The van der Waals surface area contributed by atoms with Crippen molar-refractivity contribution in [3.63, 3.8) is 0 Å². The van der Waals surface area contributed by atoms with Crippen molar-refractivity contribution in [2.75, 3.05) is 13.1 Å². The molecule has 1 unspecified atom stereocenters. The molecule has 0 bridgehead atoms. The van der Waals surface area contributed by atoms with Gasteiger partial charge in [0.05, 0.1) is 0 Å². The molecule has 15 heavy (non-hydrogen) atoms. The molecule has 1 aliphatic rings. The molecular weight excluding hydrogens is 206 g/mol. The molecule has 0 aliphatic carbocycles. The molecule has 0 radical (unpaired) electrons. The summed E-state index contributed by atoms with van der Waals surface area (Å²) in [6.07, 6.45) is 2.52. The summed E-state index contributed by atoms with van der Waals surface area (Å²) in [5.74, 6) is 0.603. The van der Waals surface area contributed by atoms with Crippen molar-refractivity contribution >= 4 is 11.6 Å². The maximum Gasteiger partial charge on any atom is 0.0473 e. The van der Waals surface area contributed by atoms with Gasteiger partial charge in [0.15, 0.2) is 0 Å². The molecule has 2 rings (SSSR count). The van der Waals surface area contributed by atoms with Gasteiger partial charge in [0.2, 0.25) is 0 Å². The van der Waals surface area contributed by atoms with Crippen molar-refractivity contribution in [3.05, 3.63) is 33.8 Å². The molecule has 0 saturated carbocycles. The SMILES string of the molecule is Cc1ccc(C)c(C2CCCNC2)c1Cl. The van der Waals surface area contributed by atoms with E-state index in [0.717, 1.165) is 18.1 Å². The van der Waals surface area contributed by atoms with Crippen LogP contribution in [0.15, 0.2) is 12.1 Å². The molecule has 1 aromatic rings. The molecule has 1 saturated heterocycles. The van der Waals surface area contributed by atoms with E-state index in [-0.39, 0.29) is 0 Å². The van der Waals surface area contributed by atoms with Gasteiger partial charge in [0.25, 0.3) is 0 Å². The van der Waals surface area contributed by atoms with Crippen LogP contribution in [0.25, 0.3) is 0 Å². The molecular formula is C13H18ClN. The van der Waals surface area contributed by atoms with E-state index in [0.29, 0.717) is 5.92 Å². The summed E-state index contributed by atoms with van der Waals surface area (Å²) in [6.45, 7) is 6.47. The van der Waals surface area contributed by atoms with E-state index in [1.807, 2.05) is 0 Å². The number of piperidine rings is 1. The molecule has 1 nitrogen and oxygen atoms in total. The van der Waals surface area contributed by atoms with E-state index >= 15 is 0 Å². The summed E-state index contributed by atoms with van der Waals surface area (Å²) in [5.41, 5.74) is 3.89. The third kappa shape index (κ3) is 2.19. The lowest BCUT2D eigenvalue weighted by Crippen LogP contribution is -2.29. The average molecular weight is 224 g/mol. The zero-order valence-corrected chi connectivity index (χ0v) is 10.2. The van der Waals surface area contributed by atoms with Gasteiger partial charge in [-0.25, -0.2) is 0 Å². The first-order valence-electron chi connectivity index (χ1n) is 5.66. The molecule has 82 valence electrons. The monoisotopic (exact) mass is 223 g/mol. The van der Waals surface area contributed by atoms with E-state index in [1.54, 1.807) is 0 Å². The molecule has 1 heterocycles. The van der Waals surface area contributed by atoms with Crippen LogP contribution in [0.2, 0.25) is 5.02 Å². The van der Waals surface area contributed by atoms with Crippen LogP contribution in [0, 0.1) is 13.8 Å². The Kier molecular flexibility index (Phi) is 3.32. The van der Waals surface area contributed by atoms with Gasteiger partial charge in [-0.1, -0.05) is 23.7 Å². The van der Waals surface area contributed by atoms with E-state index in [9.17, 15) is 0 Å². The van der Waals surface area contributed by atoms with Gasteiger partial charge >= 0.3 is 0 Å². The van der Waals surface area contributed by atoms with Crippen LogP contribution in [-0.2, 0) is 0 Å². The van der Waals surface area contributed by atoms with E-state index < -0.39 is 0 Å². The van der Waals surface area contributed by atoms with Crippen LogP contribution in [0.1, 0.15) is 35.4 Å². The highest BCUT2D eigenvalue weighted by molar-refractivity contribution is 6.32. The van der Waals surface area contributed by atoms with Gasteiger partial charge in [-0.15, -0.1) is 0 Å². The minimum atomic E-state index is 0.603. The first-order valence-corrected chi connectivity index (χ1v) is 6.04. The minimum absolute atomic E-state index is 0.603. The van der Waals surface area contributed by atoms with Crippen LogP contribution in [-0.4, -0.2) is 13.1 Å². The predicted octanol–water partition coefficient (Wildman–Crippen LogP) is 3.42. The molecule has 1 N–H and O–H groups in total. The van der Waals surface area contributed by atoms with Crippen molar-refractivity contribution in [3.8, 4) is 0 Å². The number of aryl methyl sites for hydroxylation is 2. The summed E-state index contributed by atoms with van der Waals surface area (Å²) in [6, 6.07) is 4.29. The summed E-state index contributed by atoms with van der Waals surface area (Å²) in [7, 11) is 0. The Bertz CT molecular complexity index is 354. The van der Waals surface area contributed by atoms with E-state index in [4.69, 9.17) is 11.6 Å². The van der Waals surface area contributed by atoms with Crippen molar-refractivity contribution in [1.82, 2.24) is 5.32 Å². The van der Waals surface area contributed by atoms with Crippen molar-refractivity contribution in [2.45, 2.75) is 32.6 Å². The number of halogens is 1. The second-order valence-electron chi connectivity index (χ2n) is 4.47. The molecule has 1 atom stereocenters. The maximum atomic E-state index is 6.40. The Morgan fingerprint density at radius 3 is 2.67 bits per heavy atom. The summed E-state index contributed by atoms with van der Waals surface area (Å²) in [5, 5.41) is 4.42. The summed E-state index contributed by atoms with van der Waals surface area (Å²) >= 11 is 6.40. The number of hydrogen-bond acceptors (Lipinski definition) is 1. The van der Waals surface area contributed by atoms with Crippen LogP contribution in [0.4, 0.5) is 0 Å². The highest BCUT2D eigenvalue weighted by Crippen LogP contribution is 2.33. The number of nitrogens with one attached hydrogen (secondary N) is 1. The molecule has 0 aromatic heterocycles. The average Bonchev–Trinajstić information content (AvgIpc) is 2.26. The number of hydrogen-bond donors (Lipinski definition) is 1. The predicted molar refractivity (Wildman–Crippen MR) is 65.8 cm³/mol. The topological polar surface area (TPSA) is 12.0 Å². The lowest BCUT2D eigenvalue weighted by molar-refractivity contribution is 0.460. The second-order valence-corrected chi connectivity index (χ2v) is 4.85. The van der Waals surface area contributed by atoms with Gasteiger partial charge < -0.3 is 5.32 Å². The van der Waals surface area contributed by atoms with Gasteiger partial charge in [-0.05, 0) is 55.8 Å². The van der Waals surface area contributed by atoms with Crippen molar-refractivity contribution in [1.29, 1.82) is 0 Å². The standard InChI is InChI=1S/C13H18ClN/c1-9-5-6-10(2)13(14)12(9)11-4-3-7-15-8-11/h5-6,11,15H,3-4,7-8H2,1-2H3. The molecule has 1 fully saturated rings. The fourth-order valence-corrected chi connectivity index (χ4v) is 2.76. The van der Waals surface area contributed by atoms with Crippen LogP contribution < -0.4 is 5.32 Å². The molecule has 0 amide bonds. The number of benzene rings is 1. The van der Waals surface area contributed by atoms with Gasteiger partial charge in [-0.2, -0.15) is 0 Å². The zero-order chi connectivity index (χ0) is 10.8. The normalized spacial score (nSPS) is 21.7. The number of rotatable bonds is 1. The fraction of sp³-hybridized carbons (Fsp3) is 0.538. The van der Waals surface area contributed by atoms with Gasteiger partial charge in [0, 0.05) is 11.6 Å². The first kappa shape index (κ1) is 11.0. The van der Waals surface area contributed by atoms with Crippen LogP contribution in [0.3, 0.4) is 0 Å². The summed E-state index contributed by atoms with van der Waals surface area (Å²) in [4.78, 5) is 0. The Hall–Kier alpha value is -0.530. The lowest BCUT2D eigenvalue weighted by Gasteiger charge is -2.26. The van der Waals surface area contributed by atoms with E-state index in [2.05, 4.69) is 31.3 Å². The second kappa shape index (κ2) is 4.54. The Labute approximate surface area is 96.8 Å². The van der Waals surface area contributed by atoms with Crippen molar-refractivity contribution in [2.24, 2.45) is 0 Å². The third-order valence-corrected chi connectivity index (χ3v) is 3.80. The largest absolute Gasteiger partial charge is 0.316 e. The summed E-state index contributed by atoms with van der Waals surface area (Å²) < 4.78 is 0. The molecule has 1 aromatic carbocycles. The Morgan fingerprint density at radius 2 is 2.00 bits per heavy atom. The Morgan fingerprint density at radius 1 is 1.27 bits per heavy atom. The smallest absolute Gasteiger partial charge is 0.0473 e. The van der Waals surface area contributed by atoms with E-state index in [1.165, 1.54) is 29.5 Å². The molecule has 2 heteroatoms. The Balaban J connectivity index is 2.36. The quantitative estimate of drug-likeness (QED) is 0.770. The highest BCUT2D eigenvalue weighted by atomic mass is 35.5. The molecule has 1 aliphatic heterocycles. The van der Waals surface area contributed by atoms with Crippen molar-refractivity contribution < 1.29 is 0 Å². The lowest BCUT2D eigenvalue weighted by atomic mass is 9.88. The minimum Gasteiger partial charge on any atom is -0.316 e. The van der Waals surface area contributed by atoms with Crippen LogP contribution in [0.5, 0.6) is 0 Å². The zero-order valence-electron chi connectivity index (χ0n) is 9.44. The van der Waals surface area contributed by atoms with Crippen LogP contribution >= 0.6 is 11.6 Å². The molecule has 0 spiro atoms. The third-order valence-electron chi connectivity index (χ3n) is 3.30. The highest BCUT2D eigenvalue weighted by Gasteiger charge is 2.20.